The van der Waals surface area contributed by atoms with Gasteiger partial charge in [-0.1, -0.05) is 0 Å². The number of carboxylic acid groups (broad SMARTS) is 1. The molecule has 1 aliphatic heterocycles. The van der Waals surface area contributed by atoms with Crippen LogP contribution in [0.4, 0.5) is 4.79 Å². The highest BCUT2D eigenvalue weighted by Crippen LogP contribution is 2.40. The minimum absolute atomic E-state index is 0.412. The molecule has 0 spiro atoms. The van der Waals surface area contributed by atoms with E-state index in [0.717, 1.165) is 5.39 Å². The topological polar surface area (TPSA) is 105 Å². The molecule has 1 saturated heterocycles. The summed E-state index contributed by atoms with van der Waals surface area (Å²) >= 11 is 0. The van der Waals surface area contributed by atoms with Crippen LogP contribution in [0.25, 0.3) is 11.0 Å². The fourth-order valence-electron chi connectivity index (χ4n) is 2.92. The van der Waals surface area contributed by atoms with E-state index in [0.29, 0.717) is 43.2 Å². The van der Waals surface area contributed by atoms with Crippen molar-refractivity contribution in [2.45, 2.75) is 44.8 Å². The second-order valence-electron chi connectivity index (χ2n) is 7.49. The average Bonchev–Trinajstić information content (AvgIpc) is 3.05. The molecule has 2 aromatic rings. The van der Waals surface area contributed by atoms with Crippen LogP contribution >= 0.6 is 0 Å². The van der Waals surface area contributed by atoms with Gasteiger partial charge in [-0.05, 0) is 32.9 Å². The maximum Gasteiger partial charge on any atom is 0.407 e. The number of ether oxygens (including phenoxy) is 2. The van der Waals surface area contributed by atoms with Gasteiger partial charge in [0, 0.05) is 44.6 Å². The Morgan fingerprint density at radius 1 is 1.30 bits per heavy atom. The summed E-state index contributed by atoms with van der Waals surface area (Å²) in [5, 5.41) is 18.5. The SMILES string of the molecule is CC(C)(C)O.COc1nccc2cc(C3(OC)CCN(C(=O)O)CC3)oc12. The van der Waals surface area contributed by atoms with E-state index in [-0.39, 0.29) is 0 Å². The standard InChI is InChI=1S/C15H18N2O5.C4H10O/c1-20-13-12-10(3-6-16-13)9-11(22-12)15(21-2)4-7-17(8-5-15)14(18)19;1-4(2,3)5/h3,6,9H,4-5,7-8H2,1-2H3,(H,18,19);5H,1-3H3. The summed E-state index contributed by atoms with van der Waals surface area (Å²) in [7, 11) is 3.17. The summed E-state index contributed by atoms with van der Waals surface area (Å²) in [5.74, 6) is 1.11. The van der Waals surface area contributed by atoms with Crippen molar-refractivity contribution in [1.82, 2.24) is 9.88 Å². The van der Waals surface area contributed by atoms with Crippen LogP contribution in [0.1, 0.15) is 39.4 Å². The third kappa shape index (κ3) is 5.11. The number of amides is 1. The van der Waals surface area contributed by atoms with E-state index < -0.39 is 17.3 Å². The third-order valence-corrected chi connectivity index (χ3v) is 4.28. The molecule has 150 valence electrons. The van der Waals surface area contributed by atoms with Crippen LogP contribution < -0.4 is 4.74 Å². The maximum atomic E-state index is 11.1. The predicted octanol–water partition coefficient (Wildman–Crippen LogP) is 3.23. The van der Waals surface area contributed by atoms with Gasteiger partial charge in [-0.15, -0.1) is 0 Å². The van der Waals surface area contributed by atoms with Gasteiger partial charge in [0.15, 0.2) is 5.58 Å². The van der Waals surface area contributed by atoms with E-state index in [1.807, 2.05) is 12.1 Å². The summed E-state index contributed by atoms with van der Waals surface area (Å²) in [5.41, 5.74) is -0.534. The van der Waals surface area contributed by atoms with E-state index in [4.69, 9.17) is 24.1 Å². The van der Waals surface area contributed by atoms with Gasteiger partial charge in [-0.25, -0.2) is 9.78 Å². The molecule has 2 aromatic heterocycles. The monoisotopic (exact) mass is 380 g/mol. The highest BCUT2D eigenvalue weighted by molar-refractivity contribution is 5.82. The Hall–Kier alpha value is -2.32. The Morgan fingerprint density at radius 3 is 2.37 bits per heavy atom. The lowest BCUT2D eigenvalue weighted by atomic mass is 9.88. The van der Waals surface area contributed by atoms with Crippen LogP contribution in [0.3, 0.4) is 0 Å². The molecule has 0 aromatic carbocycles. The third-order valence-electron chi connectivity index (χ3n) is 4.28. The number of aliphatic hydroxyl groups is 1. The van der Waals surface area contributed by atoms with Crippen molar-refractivity contribution in [3.8, 4) is 5.88 Å². The van der Waals surface area contributed by atoms with Crippen LogP contribution in [-0.2, 0) is 10.3 Å². The summed E-state index contributed by atoms with van der Waals surface area (Å²) < 4.78 is 16.9. The van der Waals surface area contributed by atoms with Crippen molar-refractivity contribution in [1.29, 1.82) is 0 Å². The molecular formula is C19H28N2O6. The largest absolute Gasteiger partial charge is 0.478 e. The van der Waals surface area contributed by atoms with Gasteiger partial charge in [0.2, 0.25) is 0 Å². The first-order valence-electron chi connectivity index (χ1n) is 8.78. The van der Waals surface area contributed by atoms with Crippen molar-refractivity contribution < 1.29 is 28.9 Å². The van der Waals surface area contributed by atoms with Gasteiger partial charge in [0.1, 0.15) is 11.4 Å². The van der Waals surface area contributed by atoms with E-state index in [1.165, 1.54) is 4.90 Å². The summed E-state index contributed by atoms with van der Waals surface area (Å²) in [6.07, 6.45) is 1.85. The number of hydrogen-bond acceptors (Lipinski definition) is 6. The number of furan rings is 1. The van der Waals surface area contributed by atoms with Gasteiger partial charge in [0.05, 0.1) is 12.7 Å². The number of methoxy groups -OCH3 is 2. The first-order chi connectivity index (χ1) is 12.6. The van der Waals surface area contributed by atoms with Gasteiger partial charge in [-0.3, -0.25) is 0 Å². The zero-order valence-corrected chi connectivity index (χ0v) is 16.5. The first-order valence-corrected chi connectivity index (χ1v) is 8.78. The number of carbonyl (C=O) groups is 1. The summed E-state index contributed by atoms with van der Waals surface area (Å²) in [4.78, 5) is 16.6. The Kier molecular flexibility index (Phi) is 6.33. The fraction of sp³-hybridized carbons (Fsp3) is 0.579. The Balaban J connectivity index is 0.000000465. The van der Waals surface area contributed by atoms with Gasteiger partial charge in [0.25, 0.3) is 5.88 Å². The molecule has 0 saturated carbocycles. The van der Waals surface area contributed by atoms with E-state index in [2.05, 4.69) is 4.98 Å². The lowest BCUT2D eigenvalue weighted by Gasteiger charge is -2.38. The van der Waals surface area contributed by atoms with Crippen molar-refractivity contribution in [3.63, 3.8) is 0 Å². The Bertz CT molecular complexity index is 766. The molecule has 0 atom stereocenters. The molecule has 3 rings (SSSR count). The quantitative estimate of drug-likeness (QED) is 0.842. The molecule has 0 radical (unpaired) electrons. The number of hydrogen-bond donors (Lipinski definition) is 2. The molecular weight excluding hydrogens is 352 g/mol. The molecule has 27 heavy (non-hydrogen) atoms. The van der Waals surface area contributed by atoms with E-state index in [9.17, 15) is 4.79 Å². The molecule has 2 N–H and O–H groups in total. The number of nitrogens with zero attached hydrogens (tertiary/aromatic N) is 2. The number of piperidine rings is 1. The van der Waals surface area contributed by atoms with E-state index in [1.54, 1.807) is 41.2 Å². The second-order valence-corrected chi connectivity index (χ2v) is 7.49. The average molecular weight is 380 g/mol. The molecule has 0 unspecified atom stereocenters. The smallest absolute Gasteiger partial charge is 0.407 e. The minimum atomic E-state index is -0.903. The zero-order chi connectivity index (χ0) is 20.2. The molecule has 8 nitrogen and oxygen atoms in total. The highest BCUT2D eigenvalue weighted by atomic mass is 16.5. The summed E-state index contributed by atoms with van der Waals surface area (Å²) in [6, 6.07) is 3.76. The molecule has 0 aliphatic carbocycles. The van der Waals surface area contributed by atoms with Crippen molar-refractivity contribution in [2.75, 3.05) is 27.3 Å². The lowest BCUT2D eigenvalue weighted by Crippen LogP contribution is -2.45. The van der Waals surface area contributed by atoms with Crippen molar-refractivity contribution in [2.24, 2.45) is 0 Å². The maximum absolute atomic E-state index is 11.1. The van der Waals surface area contributed by atoms with Crippen LogP contribution in [0.5, 0.6) is 5.88 Å². The number of pyridine rings is 1. The van der Waals surface area contributed by atoms with Crippen LogP contribution in [0.2, 0.25) is 0 Å². The first kappa shape index (κ1) is 21.0. The zero-order valence-electron chi connectivity index (χ0n) is 16.5. The number of aromatic nitrogens is 1. The van der Waals surface area contributed by atoms with Crippen LogP contribution in [0, 0.1) is 0 Å². The van der Waals surface area contributed by atoms with Gasteiger partial charge < -0.3 is 29.0 Å². The van der Waals surface area contributed by atoms with Gasteiger partial charge in [-0.2, -0.15) is 0 Å². The molecule has 1 aliphatic rings. The van der Waals surface area contributed by atoms with Crippen molar-refractivity contribution >= 4 is 17.1 Å². The molecule has 1 fully saturated rings. The number of fused-ring (bicyclic) bond motifs is 1. The Morgan fingerprint density at radius 2 is 1.89 bits per heavy atom. The van der Waals surface area contributed by atoms with E-state index >= 15 is 0 Å². The summed E-state index contributed by atoms with van der Waals surface area (Å²) in [6.45, 7) is 6.05. The fourth-order valence-corrected chi connectivity index (χ4v) is 2.92. The number of likely N-dealkylation sites (tertiary alicyclic amines) is 1. The number of rotatable bonds is 3. The molecule has 8 heteroatoms. The van der Waals surface area contributed by atoms with Crippen LogP contribution in [-0.4, -0.2) is 59.1 Å². The Labute approximate surface area is 158 Å². The lowest BCUT2D eigenvalue weighted by molar-refractivity contribution is -0.0716. The molecule has 1 amide bonds. The normalized spacial score (nSPS) is 16.6. The highest BCUT2D eigenvalue weighted by Gasteiger charge is 2.40. The van der Waals surface area contributed by atoms with Crippen molar-refractivity contribution in [3.05, 3.63) is 24.1 Å². The predicted molar refractivity (Wildman–Crippen MR) is 100 cm³/mol. The molecule has 3 heterocycles. The molecule has 0 bridgehead atoms. The van der Waals surface area contributed by atoms with Crippen LogP contribution in [0.15, 0.2) is 22.7 Å². The van der Waals surface area contributed by atoms with Gasteiger partial charge >= 0.3 is 6.09 Å². The minimum Gasteiger partial charge on any atom is -0.478 e. The second kappa shape index (κ2) is 8.14.